The molecule has 0 unspecified atom stereocenters. The summed E-state index contributed by atoms with van der Waals surface area (Å²) >= 11 is 0. The van der Waals surface area contributed by atoms with E-state index in [1.165, 1.54) is 5.39 Å². The minimum atomic E-state index is 0.702. The molecule has 1 fully saturated rings. The molecule has 0 spiro atoms. The lowest BCUT2D eigenvalue weighted by atomic mass is 10.1. The van der Waals surface area contributed by atoms with Crippen LogP contribution in [0.25, 0.3) is 22.3 Å². The van der Waals surface area contributed by atoms with Crippen LogP contribution in [-0.2, 0) is 0 Å². The van der Waals surface area contributed by atoms with Crippen molar-refractivity contribution in [3.63, 3.8) is 0 Å². The lowest BCUT2D eigenvalue weighted by molar-refractivity contribution is 0.312. The Morgan fingerprint density at radius 1 is 0.966 bits per heavy atom. The molecule has 0 amide bonds. The number of benzene rings is 1. The molecule has 4 heterocycles. The molecule has 4 aromatic rings. The van der Waals surface area contributed by atoms with E-state index in [0.717, 1.165) is 60.4 Å². The average Bonchev–Trinajstić information content (AvgIpc) is 3.36. The van der Waals surface area contributed by atoms with Crippen LogP contribution in [-0.4, -0.2) is 63.3 Å². The van der Waals surface area contributed by atoms with Gasteiger partial charge in [-0.15, -0.1) is 0 Å². The molecule has 1 saturated heterocycles. The molecular weight excluding hydrogens is 364 g/mol. The summed E-state index contributed by atoms with van der Waals surface area (Å²) in [6.07, 6.45) is 1.95. The maximum atomic E-state index is 4.90. The first-order chi connectivity index (χ1) is 14.1. The molecule has 8 heteroatoms. The van der Waals surface area contributed by atoms with Crippen molar-refractivity contribution in [2.75, 3.05) is 43.4 Å². The first kappa shape index (κ1) is 17.7. The molecule has 29 heavy (non-hydrogen) atoms. The number of H-pyrrole nitrogens is 2. The van der Waals surface area contributed by atoms with Crippen LogP contribution in [0, 0.1) is 6.92 Å². The zero-order chi connectivity index (χ0) is 19.8. The van der Waals surface area contributed by atoms with Gasteiger partial charge in [-0.2, -0.15) is 5.10 Å². The number of aryl methyl sites for hydroxylation is 1. The number of aromatic nitrogens is 5. The van der Waals surface area contributed by atoms with Gasteiger partial charge in [0.2, 0.25) is 0 Å². The highest BCUT2D eigenvalue weighted by Gasteiger charge is 2.18. The van der Waals surface area contributed by atoms with Crippen molar-refractivity contribution in [1.82, 2.24) is 30.0 Å². The summed E-state index contributed by atoms with van der Waals surface area (Å²) < 4.78 is 0. The number of anilines is 3. The predicted octanol–water partition coefficient (Wildman–Crippen LogP) is 3.15. The summed E-state index contributed by atoms with van der Waals surface area (Å²) in [7, 11) is 2.15. The van der Waals surface area contributed by atoms with Crippen LogP contribution in [0.4, 0.5) is 17.5 Å². The van der Waals surface area contributed by atoms with Crippen molar-refractivity contribution in [2.24, 2.45) is 0 Å². The fraction of sp³-hybridized carbons (Fsp3) is 0.286. The van der Waals surface area contributed by atoms with Crippen LogP contribution in [0.5, 0.6) is 0 Å². The van der Waals surface area contributed by atoms with E-state index >= 15 is 0 Å². The first-order valence-electron chi connectivity index (χ1n) is 9.83. The zero-order valence-electron chi connectivity index (χ0n) is 16.6. The SMILES string of the molecule is Cc1cc(Nc2cc(N3CCN(C)CC3)nc(-c3ccc4cc[nH]c4c3)n2)n[nH]1. The number of nitrogens with zero attached hydrogens (tertiary/aromatic N) is 5. The van der Waals surface area contributed by atoms with Gasteiger partial charge in [0.1, 0.15) is 11.6 Å². The van der Waals surface area contributed by atoms with Gasteiger partial charge in [-0.05, 0) is 31.5 Å². The van der Waals surface area contributed by atoms with E-state index in [2.05, 4.69) is 61.6 Å². The molecular formula is C21H24N8. The average molecular weight is 388 g/mol. The van der Waals surface area contributed by atoms with Crippen molar-refractivity contribution in [1.29, 1.82) is 0 Å². The minimum absolute atomic E-state index is 0.702. The fourth-order valence-corrected chi connectivity index (χ4v) is 3.63. The molecule has 148 valence electrons. The van der Waals surface area contributed by atoms with Gasteiger partial charge in [0, 0.05) is 61.3 Å². The van der Waals surface area contributed by atoms with Gasteiger partial charge in [0.15, 0.2) is 11.6 Å². The molecule has 0 atom stereocenters. The highest BCUT2D eigenvalue weighted by atomic mass is 15.3. The third kappa shape index (κ3) is 3.66. The van der Waals surface area contributed by atoms with Gasteiger partial charge in [-0.1, -0.05) is 12.1 Å². The van der Waals surface area contributed by atoms with E-state index in [9.17, 15) is 0 Å². The van der Waals surface area contributed by atoms with Crippen molar-refractivity contribution in [3.8, 4) is 11.4 Å². The molecule has 5 rings (SSSR count). The van der Waals surface area contributed by atoms with E-state index in [1.54, 1.807) is 0 Å². The molecule has 0 aliphatic carbocycles. The van der Waals surface area contributed by atoms with E-state index in [-0.39, 0.29) is 0 Å². The number of hydrogen-bond acceptors (Lipinski definition) is 6. The van der Waals surface area contributed by atoms with Gasteiger partial charge in [-0.25, -0.2) is 9.97 Å². The number of rotatable bonds is 4. The number of hydrogen-bond donors (Lipinski definition) is 3. The highest BCUT2D eigenvalue weighted by Crippen LogP contribution is 2.27. The van der Waals surface area contributed by atoms with E-state index < -0.39 is 0 Å². The summed E-state index contributed by atoms with van der Waals surface area (Å²) in [5, 5.41) is 11.7. The Kier molecular flexibility index (Phi) is 4.40. The van der Waals surface area contributed by atoms with Crippen LogP contribution in [0.1, 0.15) is 5.69 Å². The quantitative estimate of drug-likeness (QED) is 0.498. The second-order valence-electron chi connectivity index (χ2n) is 7.57. The monoisotopic (exact) mass is 388 g/mol. The van der Waals surface area contributed by atoms with Gasteiger partial charge in [0.05, 0.1) is 0 Å². The molecule has 1 aliphatic rings. The Balaban J connectivity index is 1.54. The third-order valence-electron chi connectivity index (χ3n) is 5.32. The molecule has 8 nitrogen and oxygen atoms in total. The van der Waals surface area contributed by atoms with Gasteiger partial charge >= 0.3 is 0 Å². The number of piperazine rings is 1. The molecule has 3 N–H and O–H groups in total. The Hall–Kier alpha value is -3.39. The zero-order valence-corrected chi connectivity index (χ0v) is 16.6. The standard InChI is InChI=1S/C21H24N8/c1-14-11-19(27-26-14)23-18-13-20(29-9-7-28(2)8-10-29)25-21(24-18)16-4-3-15-5-6-22-17(15)12-16/h3-6,11-13,22H,7-10H2,1-2H3,(H2,23,24,25,26,27). The van der Waals surface area contributed by atoms with Gasteiger partial charge < -0.3 is 20.1 Å². The first-order valence-corrected chi connectivity index (χ1v) is 9.83. The van der Waals surface area contributed by atoms with E-state index in [0.29, 0.717) is 5.82 Å². The Bertz CT molecular complexity index is 1140. The largest absolute Gasteiger partial charge is 0.361 e. The maximum Gasteiger partial charge on any atom is 0.163 e. The van der Waals surface area contributed by atoms with Crippen LogP contribution in [0.2, 0.25) is 0 Å². The molecule has 0 bridgehead atoms. The fourth-order valence-electron chi connectivity index (χ4n) is 3.63. The number of likely N-dealkylation sites (N-methyl/N-ethyl adjacent to an activating group) is 1. The van der Waals surface area contributed by atoms with Crippen molar-refractivity contribution < 1.29 is 0 Å². The van der Waals surface area contributed by atoms with Gasteiger partial charge in [-0.3, -0.25) is 5.10 Å². The van der Waals surface area contributed by atoms with Crippen molar-refractivity contribution in [2.45, 2.75) is 6.92 Å². The van der Waals surface area contributed by atoms with Crippen LogP contribution < -0.4 is 10.2 Å². The summed E-state index contributed by atoms with van der Waals surface area (Å²) in [6, 6.07) is 12.3. The molecule has 1 aliphatic heterocycles. The summed E-state index contributed by atoms with van der Waals surface area (Å²) in [6.45, 7) is 5.92. The van der Waals surface area contributed by atoms with Crippen molar-refractivity contribution in [3.05, 3.63) is 48.3 Å². The summed E-state index contributed by atoms with van der Waals surface area (Å²) in [5.74, 6) is 3.12. The highest BCUT2D eigenvalue weighted by molar-refractivity contribution is 5.84. The molecule has 1 aromatic carbocycles. The van der Waals surface area contributed by atoms with Crippen LogP contribution >= 0.6 is 0 Å². The lowest BCUT2D eigenvalue weighted by Crippen LogP contribution is -2.44. The van der Waals surface area contributed by atoms with E-state index in [4.69, 9.17) is 9.97 Å². The minimum Gasteiger partial charge on any atom is -0.361 e. The number of aromatic amines is 2. The summed E-state index contributed by atoms with van der Waals surface area (Å²) in [4.78, 5) is 17.6. The molecule has 0 saturated carbocycles. The maximum absolute atomic E-state index is 4.90. The second kappa shape index (κ2) is 7.21. The predicted molar refractivity (Wildman–Crippen MR) is 116 cm³/mol. The Morgan fingerprint density at radius 2 is 1.83 bits per heavy atom. The lowest BCUT2D eigenvalue weighted by Gasteiger charge is -2.33. The normalized spacial score (nSPS) is 15.2. The second-order valence-corrected chi connectivity index (χ2v) is 7.57. The van der Waals surface area contributed by atoms with Crippen molar-refractivity contribution >= 4 is 28.4 Å². The third-order valence-corrected chi connectivity index (χ3v) is 5.32. The molecule has 3 aromatic heterocycles. The topological polar surface area (TPSA) is 88.8 Å². The van der Waals surface area contributed by atoms with Gasteiger partial charge in [0.25, 0.3) is 0 Å². The van der Waals surface area contributed by atoms with Crippen LogP contribution in [0.15, 0.2) is 42.6 Å². The number of nitrogens with one attached hydrogen (secondary N) is 3. The number of fused-ring (bicyclic) bond motifs is 1. The van der Waals surface area contributed by atoms with Crippen LogP contribution in [0.3, 0.4) is 0 Å². The van der Waals surface area contributed by atoms with E-state index in [1.807, 2.05) is 25.3 Å². The summed E-state index contributed by atoms with van der Waals surface area (Å²) in [5.41, 5.74) is 3.06. The smallest absolute Gasteiger partial charge is 0.163 e. The molecule has 0 radical (unpaired) electrons. The Morgan fingerprint density at radius 3 is 2.62 bits per heavy atom. The Labute approximate surface area is 169 Å².